The van der Waals surface area contributed by atoms with Crippen LogP contribution in [0.15, 0.2) is 42.0 Å². The number of benzene rings is 2. The maximum Gasteiger partial charge on any atom is 0.418 e. The van der Waals surface area contributed by atoms with E-state index in [1.165, 1.54) is 18.2 Å². The van der Waals surface area contributed by atoms with Gasteiger partial charge in [0.2, 0.25) is 0 Å². The van der Waals surface area contributed by atoms with Crippen LogP contribution in [0.4, 0.5) is 18.9 Å². The monoisotopic (exact) mass is 463 g/mol. The molecule has 2 aromatic carbocycles. The van der Waals surface area contributed by atoms with Crippen molar-refractivity contribution in [3.05, 3.63) is 47.5 Å². The number of carbonyl (C=O) groups excluding carboxylic acids is 1. The van der Waals surface area contributed by atoms with Gasteiger partial charge in [-0.25, -0.2) is 0 Å². The molecule has 33 heavy (non-hydrogen) atoms. The molecule has 0 unspecified atom stereocenters. The van der Waals surface area contributed by atoms with Crippen molar-refractivity contribution in [1.82, 2.24) is 5.32 Å². The standard InChI is InChI=1S/C23H24F3N3O4/c24-23(25,26)21(20(15-27)22(31)28-5-9-32-11-12-33-10-8-30)18-2-1-17-14-19(29-6-7-29)4-3-16(17)13-18/h1-4,13-14,30H,5-12H2,(H,28,31)/b21-20-. The van der Waals surface area contributed by atoms with Gasteiger partial charge in [-0.1, -0.05) is 18.2 Å². The largest absolute Gasteiger partial charge is 0.418 e. The van der Waals surface area contributed by atoms with E-state index in [1.54, 1.807) is 12.1 Å². The molecular formula is C23H24F3N3O4. The highest BCUT2D eigenvalue weighted by molar-refractivity contribution is 6.06. The molecule has 1 aliphatic heterocycles. The second kappa shape index (κ2) is 11.1. The molecule has 0 aliphatic carbocycles. The molecule has 2 N–H and O–H groups in total. The van der Waals surface area contributed by atoms with Crippen molar-refractivity contribution in [2.75, 3.05) is 57.6 Å². The molecule has 7 nitrogen and oxygen atoms in total. The van der Waals surface area contributed by atoms with Crippen molar-refractivity contribution >= 4 is 27.9 Å². The minimum Gasteiger partial charge on any atom is -0.394 e. The second-order valence-corrected chi connectivity index (χ2v) is 7.30. The second-order valence-electron chi connectivity index (χ2n) is 7.30. The number of alkyl halides is 3. The molecule has 2 aromatic rings. The molecule has 176 valence electrons. The first-order valence-electron chi connectivity index (χ1n) is 10.4. The van der Waals surface area contributed by atoms with Gasteiger partial charge in [0.15, 0.2) is 0 Å². The molecule has 0 saturated carbocycles. The predicted octanol–water partition coefficient (Wildman–Crippen LogP) is 2.64. The van der Waals surface area contributed by atoms with Crippen molar-refractivity contribution in [3.8, 4) is 6.07 Å². The Balaban J connectivity index is 1.75. The number of aliphatic hydroxyl groups excluding tert-OH is 1. The quantitative estimate of drug-likeness (QED) is 0.230. The van der Waals surface area contributed by atoms with Gasteiger partial charge in [0.05, 0.1) is 38.6 Å². The van der Waals surface area contributed by atoms with E-state index in [0.717, 1.165) is 24.2 Å². The highest BCUT2D eigenvalue weighted by Crippen LogP contribution is 2.38. The number of nitrogens with zero attached hydrogens (tertiary/aromatic N) is 2. The first-order chi connectivity index (χ1) is 15.8. The Kier molecular flexibility index (Phi) is 8.27. The van der Waals surface area contributed by atoms with Crippen LogP contribution in [0, 0.1) is 11.3 Å². The molecule has 0 aromatic heterocycles. The van der Waals surface area contributed by atoms with Crippen LogP contribution in [0.1, 0.15) is 5.56 Å². The molecule has 1 amide bonds. The summed E-state index contributed by atoms with van der Waals surface area (Å²) in [5, 5.41) is 21.6. The Labute approximate surface area is 189 Å². The molecule has 0 atom stereocenters. The van der Waals surface area contributed by atoms with Gasteiger partial charge in [0.25, 0.3) is 5.91 Å². The summed E-state index contributed by atoms with van der Waals surface area (Å²) in [5.74, 6) is -1.12. The Morgan fingerprint density at radius 2 is 1.73 bits per heavy atom. The van der Waals surface area contributed by atoms with Crippen molar-refractivity contribution in [1.29, 1.82) is 5.26 Å². The maximum absolute atomic E-state index is 13.9. The molecule has 1 aliphatic rings. The van der Waals surface area contributed by atoms with E-state index >= 15 is 0 Å². The zero-order valence-electron chi connectivity index (χ0n) is 17.8. The first-order valence-corrected chi connectivity index (χ1v) is 10.4. The molecule has 1 heterocycles. The number of allylic oxidation sites excluding steroid dienone is 1. The lowest BCUT2D eigenvalue weighted by atomic mass is 9.96. The van der Waals surface area contributed by atoms with Crippen LogP contribution in [0.5, 0.6) is 0 Å². The molecule has 0 spiro atoms. The normalized spacial score (nSPS) is 14.1. The van der Waals surface area contributed by atoms with Gasteiger partial charge < -0.3 is 24.8 Å². The van der Waals surface area contributed by atoms with Crippen molar-refractivity contribution < 1.29 is 32.5 Å². The number of hydrogen-bond acceptors (Lipinski definition) is 6. The smallest absolute Gasteiger partial charge is 0.394 e. The number of anilines is 1. The lowest BCUT2D eigenvalue weighted by molar-refractivity contribution is -0.117. The summed E-state index contributed by atoms with van der Waals surface area (Å²) in [6.45, 7) is 2.35. The number of amides is 1. The van der Waals surface area contributed by atoms with Gasteiger partial charge in [0.1, 0.15) is 11.6 Å². The van der Waals surface area contributed by atoms with E-state index in [4.69, 9.17) is 14.6 Å². The summed E-state index contributed by atoms with van der Waals surface area (Å²) in [6.07, 6.45) is -4.91. The average molecular weight is 463 g/mol. The minimum atomic E-state index is -4.91. The lowest BCUT2D eigenvalue weighted by Gasteiger charge is -2.16. The number of nitrogens with one attached hydrogen (secondary N) is 1. The van der Waals surface area contributed by atoms with E-state index < -0.39 is 23.2 Å². The highest BCUT2D eigenvalue weighted by atomic mass is 19.4. The summed E-state index contributed by atoms with van der Waals surface area (Å²) >= 11 is 0. The van der Waals surface area contributed by atoms with Crippen LogP contribution in [0.3, 0.4) is 0 Å². The number of aliphatic hydroxyl groups is 1. The summed E-state index contributed by atoms with van der Waals surface area (Å²) in [4.78, 5) is 14.5. The number of halogens is 3. The Morgan fingerprint density at radius 1 is 1.06 bits per heavy atom. The van der Waals surface area contributed by atoms with Crippen LogP contribution in [-0.4, -0.2) is 69.9 Å². The summed E-state index contributed by atoms with van der Waals surface area (Å²) in [6, 6.07) is 11.1. The van der Waals surface area contributed by atoms with E-state index in [0.29, 0.717) is 5.39 Å². The first kappa shape index (κ1) is 24.5. The highest BCUT2D eigenvalue weighted by Gasteiger charge is 2.39. The SMILES string of the molecule is N#C/C(C(=O)NCCOCCOCCO)=C(\c1ccc2cc(N3CC3)ccc2c1)C(F)(F)F. The van der Waals surface area contributed by atoms with Crippen molar-refractivity contribution in [2.24, 2.45) is 0 Å². The molecule has 3 rings (SSSR count). The van der Waals surface area contributed by atoms with Crippen LogP contribution < -0.4 is 10.2 Å². The Morgan fingerprint density at radius 3 is 2.36 bits per heavy atom. The summed E-state index contributed by atoms with van der Waals surface area (Å²) in [7, 11) is 0. The molecule has 1 saturated heterocycles. The van der Waals surface area contributed by atoms with E-state index in [2.05, 4.69) is 10.2 Å². The number of fused-ring (bicyclic) bond motifs is 1. The Bertz CT molecular complexity index is 1060. The van der Waals surface area contributed by atoms with Gasteiger partial charge in [-0.15, -0.1) is 0 Å². The van der Waals surface area contributed by atoms with E-state index in [1.807, 2.05) is 12.1 Å². The Hall–Kier alpha value is -3.13. The summed E-state index contributed by atoms with van der Waals surface area (Å²) < 4.78 is 51.9. The fraction of sp³-hybridized carbons (Fsp3) is 0.391. The third-order valence-electron chi connectivity index (χ3n) is 4.94. The van der Waals surface area contributed by atoms with Gasteiger partial charge in [-0.2, -0.15) is 18.4 Å². The van der Waals surface area contributed by atoms with Crippen LogP contribution >= 0.6 is 0 Å². The van der Waals surface area contributed by atoms with E-state index in [-0.39, 0.29) is 45.1 Å². The summed E-state index contributed by atoms with van der Waals surface area (Å²) in [5.41, 5.74) is -1.54. The van der Waals surface area contributed by atoms with Gasteiger partial charge in [0, 0.05) is 25.3 Å². The number of carbonyl (C=O) groups is 1. The molecule has 0 bridgehead atoms. The molecule has 10 heteroatoms. The van der Waals surface area contributed by atoms with Crippen molar-refractivity contribution in [2.45, 2.75) is 6.18 Å². The van der Waals surface area contributed by atoms with Gasteiger partial charge >= 0.3 is 6.18 Å². The van der Waals surface area contributed by atoms with Crippen LogP contribution in [-0.2, 0) is 14.3 Å². The van der Waals surface area contributed by atoms with Gasteiger partial charge in [-0.3, -0.25) is 4.79 Å². The fourth-order valence-corrected chi connectivity index (χ4v) is 3.28. The topological polar surface area (TPSA) is 94.6 Å². The lowest BCUT2D eigenvalue weighted by Crippen LogP contribution is -2.30. The number of hydrogen-bond donors (Lipinski definition) is 2. The zero-order chi connectivity index (χ0) is 23.8. The third kappa shape index (κ3) is 6.68. The fourth-order valence-electron chi connectivity index (χ4n) is 3.28. The minimum absolute atomic E-state index is 0.0314. The van der Waals surface area contributed by atoms with Gasteiger partial charge in [-0.05, 0) is 34.5 Å². The number of rotatable bonds is 11. The van der Waals surface area contributed by atoms with Crippen LogP contribution in [0.25, 0.3) is 16.3 Å². The predicted molar refractivity (Wildman–Crippen MR) is 116 cm³/mol. The van der Waals surface area contributed by atoms with Crippen molar-refractivity contribution in [3.63, 3.8) is 0 Å². The molecule has 1 fully saturated rings. The van der Waals surface area contributed by atoms with E-state index in [9.17, 15) is 23.2 Å². The maximum atomic E-state index is 13.9. The average Bonchev–Trinajstić information content (AvgIpc) is 3.63. The van der Waals surface area contributed by atoms with Crippen LogP contribution in [0.2, 0.25) is 0 Å². The third-order valence-corrected chi connectivity index (χ3v) is 4.94. The number of ether oxygens (including phenoxy) is 2. The molecular weight excluding hydrogens is 439 g/mol. The number of nitriles is 1. The zero-order valence-corrected chi connectivity index (χ0v) is 17.8. The molecule has 0 radical (unpaired) electrons.